The number of hydrogen-bond acceptors (Lipinski definition) is 8. The van der Waals surface area contributed by atoms with E-state index in [9.17, 15) is 18.0 Å². The number of aromatic nitrogens is 3. The molecule has 0 radical (unpaired) electrons. The molecule has 1 amide bonds. The van der Waals surface area contributed by atoms with Crippen molar-refractivity contribution in [1.82, 2.24) is 20.1 Å². The molecule has 0 saturated carbocycles. The van der Waals surface area contributed by atoms with Gasteiger partial charge in [-0.3, -0.25) is 4.79 Å². The molecule has 3 aromatic heterocycles. The van der Waals surface area contributed by atoms with E-state index in [-0.39, 0.29) is 22.5 Å². The molecule has 0 bridgehead atoms. The van der Waals surface area contributed by atoms with Gasteiger partial charge in [-0.15, -0.1) is 21.5 Å². The van der Waals surface area contributed by atoms with E-state index < -0.39 is 11.7 Å². The number of thiophene rings is 1. The molecule has 31 heavy (non-hydrogen) atoms. The van der Waals surface area contributed by atoms with Crippen LogP contribution in [0.15, 0.2) is 39.4 Å². The summed E-state index contributed by atoms with van der Waals surface area (Å²) in [4.78, 5) is 20.7. The van der Waals surface area contributed by atoms with E-state index in [4.69, 9.17) is 16.0 Å². The van der Waals surface area contributed by atoms with E-state index in [1.165, 1.54) is 11.3 Å². The maximum atomic E-state index is 12.8. The highest BCUT2D eigenvalue weighted by Crippen LogP contribution is 2.34. The number of carbonyl (C=O) groups is 1. The molecule has 0 atom stereocenters. The number of pyridine rings is 1. The topological polar surface area (TPSA) is 75.4 Å². The summed E-state index contributed by atoms with van der Waals surface area (Å²) in [7, 11) is 0. The molecule has 1 saturated heterocycles. The van der Waals surface area contributed by atoms with Crippen LogP contribution in [-0.2, 0) is 11.0 Å². The van der Waals surface area contributed by atoms with Gasteiger partial charge in [0.05, 0.1) is 21.2 Å². The van der Waals surface area contributed by atoms with E-state index in [0.717, 1.165) is 28.9 Å². The summed E-state index contributed by atoms with van der Waals surface area (Å²) < 4.78 is 43.9. The summed E-state index contributed by atoms with van der Waals surface area (Å²) in [6.45, 7) is 1.64. The van der Waals surface area contributed by atoms with Gasteiger partial charge >= 0.3 is 6.18 Å². The van der Waals surface area contributed by atoms with Gasteiger partial charge in [0.1, 0.15) is 5.82 Å². The largest absolute Gasteiger partial charge is 0.417 e. The molecule has 0 aromatic carbocycles. The molecule has 164 valence electrons. The van der Waals surface area contributed by atoms with Crippen LogP contribution < -0.4 is 4.90 Å². The monoisotopic (exact) mass is 489 g/mol. The van der Waals surface area contributed by atoms with E-state index in [0.29, 0.717) is 37.3 Å². The third-order valence-corrected chi connectivity index (χ3v) is 6.48. The van der Waals surface area contributed by atoms with Crippen LogP contribution >= 0.6 is 34.7 Å². The van der Waals surface area contributed by atoms with Crippen molar-refractivity contribution in [2.24, 2.45) is 0 Å². The average molecular weight is 490 g/mol. The third-order valence-electron chi connectivity index (χ3n) is 4.54. The van der Waals surface area contributed by atoms with Gasteiger partial charge in [0.15, 0.2) is 0 Å². The number of hydrogen-bond donors (Lipinski definition) is 0. The first-order chi connectivity index (χ1) is 14.8. The number of rotatable bonds is 5. The van der Waals surface area contributed by atoms with Gasteiger partial charge in [-0.1, -0.05) is 29.4 Å². The smallest absolute Gasteiger partial charge is 0.410 e. The Hall–Kier alpha value is -2.31. The number of amides is 1. The van der Waals surface area contributed by atoms with Gasteiger partial charge in [0.2, 0.25) is 5.91 Å². The molecule has 7 nitrogen and oxygen atoms in total. The average Bonchev–Trinajstić information content (AvgIpc) is 3.43. The molecule has 0 unspecified atom stereocenters. The standard InChI is InChI=1S/C18H15ClF3N5O2S2/c19-12-8-11(18(20,21)22)9-23-15(12)27-5-3-26(4-6-27)14(28)10-31-17-25-24-16(29-17)13-2-1-7-30-13/h1-2,7-9H,3-6,10H2. The van der Waals surface area contributed by atoms with Gasteiger partial charge < -0.3 is 14.2 Å². The number of carbonyl (C=O) groups excluding carboxylic acids is 1. The van der Waals surface area contributed by atoms with Crippen LogP contribution in [0.4, 0.5) is 19.0 Å². The normalized spacial score (nSPS) is 14.8. The van der Waals surface area contributed by atoms with Crippen LogP contribution in [0.2, 0.25) is 5.02 Å². The number of anilines is 1. The Morgan fingerprint density at radius 3 is 2.68 bits per heavy atom. The molecule has 0 aliphatic carbocycles. The molecule has 3 aromatic rings. The molecule has 13 heteroatoms. The van der Waals surface area contributed by atoms with Gasteiger partial charge in [-0.05, 0) is 17.5 Å². The summed E-state index contributed by atoms with van der Waals surface area (Å²) in [5.41, 5.74) is -0.893. The highest BCUT2D eigenvalue weighted by atomic mass is 35.5. The quantitative estimate of drug-likeness (QED) is 0.494. The van der Waals surface area contributed by atoms with E-state index in [1.807, 2.05) is 17.5 Å². The van der Waals surface area contributed by atoms with E-state index >= 15 is 0 Å². The molecule has 1 aliphatic heterocycles. The molecule has 0 spiro atoms. The Balaban J connectivity index is 1.29. The first kappa shape index (κ1) is 21.9. The number of piperazine rings is 1. The van der Waals surface area contributed by atoms with Crippen molar-refractivity contribution in [2.45, 2.75) is 11.4 Å². The Labute approximate surface area is 188 Å². The Morgan fingerprint density at radius 2 is 2.03 bits per heavy atom. The molecule has 4 heterocycles. The summed E-state index contributed by atoms with van der Waals surface area (Å²) in [6, 6.07) is 4.62. The summed E-state index contributed by atoms with van der Waals surface area (Å²) >= 11 is 8.66. The zero-order valence-electron chi connectivity index (χ0n) is 15.8. The maximum absolute atomic E-state index is 12.8. The first-order valence-corrected chi connectivity index (χ1v) is 11.3. The van der Waals surface area contributed by atoms with Gasteiger partial charge in [0, 0.05) is 32.4 Å². The SMILES string of the molecule is O=C(CSc1nnc(-c2cccs2)o1)N1CCN(c2ncc(C(F)(F)F)cc2Cl)CC1. The Kier molecular flexibility index (Phi) is 6.39. The zero-order chi connectivity index (χ0) is 22.0. The van der Waals surface area contributed by atoms with Crippen molar-refractivity contribution in [1.29, 1.82) is 0 Å². The van der Waals surface area contributed by atoms with E-state index in [1.54, 1.807) is 9.80 Å². The van der Waals surface area contributed by atoms with Crippen LogP contribution in [0.25, 0.3) is 10.8 Å². The fourth-order valence-electron chi connectivity index (χ4n) is 2.97. The first-order valence-electron chi connectivity index (χ1n) is 9.07. The van der Waals surface area contributed by atoms with Crippen molar-refractivity contribution in [2.75, 3.05) is 36.8 Å². The molecular formula is C18H15ClF3N5O2S2. The molecule has 1 fully saturated rings. The summed E-state index contributed by atoms with van der Waals surface area (Å²) in [5.74, 6) is 0.750. The van der Waals surface area contributed by atoms with Gasteiger partial charge in [0.25, 0.3) is 11.1 Å². The predicted molar refractivity (Wildman–Crippen MR) is 111 cm³/mol. The highest BCUT2D eigenvalue weighted by molar-refractivity contribution is 7.99. The fourth-order valence-corrected chi connectivity index (χ4v) is 4.56. The lowest BCUT2D eigenvalue weighted by atomic mass is 10.2. The summed E-state index contributed by atoms with van der Waals surface area (Å²) in [5, 5.41) is 10.1. The second-order valence-electron chi connectivity index (χ2n) is 6.53. The second-order valence-corrected chi connectivity index (χ2v) is 8.82. The third kappa shape index (κ3) is 5.13. The van der Waals surface area contributed by atoms with Crippen molar-refractivity contribution in [3.05, 3.63) is 40.4 Å². The van der Waals surface area contributed by atoms with Crippen molar-refractivity contribution < 1.29 is 22.4 Å². The lowest BCUT2D eigenvalue weighted by Crippen LogP contribution is -2.49. The number of alkyl halides is 3. The van der Waals surface area contributed by atoms with Crippen molar-refractivity contribution in [3.8, 4) is 10.8 Å². The fraction of sp³-hybridized carbons (Fsp3) is 0.333. The van der Waals surface area contributed by atoms with Crippen molar-refractivity contribution >= 4 is 46.4 Å². The maximum Gasteiger partial charge on any atom is 0.417 e. The molecular weight excluding hydrogens is 475 g/mol. The molecule has 1 aliphatic rings. The zero-order valence-corrected chi connectivity index (χ0v) is 18.2. The summed E-state index contributed by atoms with van der Waals surface area (Å²) in [6.07, 6.45) is -3.73. The van der Waals surface area contributed by atoms with Gasteiger partial charge in [-0.25, -0.2) is 4.98 Å². The minimum absolute atomic E-state index is 0.0666. The molecule has 0 N–H and O–H groups in total. The minimum Gasteiger partial charge on any atom is -0.410 e. The lowest BCUT2D eigenvalue weighted by Gasteiger charge is -2.35. The molecule has 4 rings (SSSR count). The van der Waals surface area contributed by atoms with Gasteiger partial charge in [-0.2, -0.15) is 13.2 Å². The lowest BCUT2D eigenvalue weighted by molar-refractivity contribution is -0.137. The van der Waals surface area contributed by atoms with Crippen LogP contribution in [-0.4, -0.2) is 57.9 Å². The van der Waals surface area contributed by atoms with Crippen LogP contribution in [0.3, 0.4) is 0 Å². The van der Waals surface area contributed by atoms with Crippen molar-refractivity contribution in [3.63, 3.8) is 0 Å². The van der Waals surface area contributed by atoms with E-state index in [2.05, 4.69) is 15.2 Å². The number of nitrogens with zero attached hydrogens (tertiary/aromatic N) is 5. The highest BCUT2D eigenvalue weighted by Gasteiger charge is 2.32. The number of thioether (sulfide) groups is 1. The van der Waals surface area contributed by atoms with Crippen LogP contribution in [0, 0.1) is 0 Å². The van der Waals surface area contributed by atoms with Crippen LogP contribution in [0.5, 0.6) is 0 Å². The minimum atomic E-state index is -4.50. The Morgan fingerprint density at radius 1 is 1.26 bits per heavy atom. The Bertz CT molecular complexity index is 1050. The predicted octanol–water partition coefficient (Wildman–Crippen LogP) is 4.31. The second kappa shape index (κ2) is 9.05. The number of halogens is 4. The van der Waals surface area contributed by atoms with Crippen LogP contribution in [0.1, 0.15) is 5.56 Å².